The minimum Gasteiger partial charge on any atom is -0.493 e. The van der Waals surface area contributed by atoms with Gasteiger partial charge < -0.3 is 19.7 Å². The van der Waals surface area contributed by atoms with Crippen LogP contribution in [0.4, 0.5) is 0 Å². The molecule has 0 heterocycles. The summed E-state index contributed by atoms with van der Waals surface area (Å²) in [4.78, 5) is 28.2. The van der Waals surface area contributed by atoms with E-state index in [0.717, 1.165) is 25.7 Å². The standard InChI is InChI=1S/C26H32Cl2N2O4/c1-3-22(26(32)29-18-10-5-4-6-11-18)30(16-19-20(27)12-9-13-21(19)28)25(31)17-34-24-15-8-7-14-23(24)33-2/h7-9,12-15,18,22H,3-6,10-11,16-17H2,1-2H3,(H,29,32)/t22-/m1/s1. The van der Waals surface area contributed by atoms with Crippen LogP contribution in [0.1, 0.15) is 51.0 Å². The highest BCUT2D eigenvalue weighted by Crippen LogP contribution is 2.28. The van der Waals surface area contributed by atoms with Crippen molar-refractivity contribution in [3.63, 3.8) is 0 Å². The van der Waals surface area contributed by atoms with Crippen molar-refractivity contribution in [2.45, 2.75) is 64.1 Å². The summed E-state index contributed by atoms with van der Waals surface area (Å²) in [6, 6.07) is 11.8. The maximum atomic E-state index is 13.4. The number of nitrogens with zero attached hydrogens (tertiary/aromatic N) is 1. The first-order valence-corrected chi connectivity index (χ1v) is 12.5. The number of methoxy groups -OCH3 is 1. The Kier molecular flexibility index (Phi) is 9.90. The molecular formula is C26H32Cl2N2O4. The molecule has 0 radical (unpaired) electrons. The van der Waals surface area contributed by atoms with Crippen LogP contribution in [0.25, 0.3) is 0 Å². The molecule has 1 atom stereocenters. The second kappa shape index (κ2) is 12.9. The summed E-state index contributed by atoms with van der Waals surface area (Å²) < 4.78 is 11.1. The molecule has 1 aliphatic rings. The molecule has 1 saturated carbocycles. The number of amides is 2. The second-order valence-electron chi connectivity index (χ2n) is 8.43. The van der Waals surface area contributed by atoms with Crippen LogP contribution < -0.4 is 14.8 Å². The van der Waals surface area contributed by atoms with Crippen molar-refractivity contribution in [2.75, 3.05) is 13.7 Å². The molecule has 2 aromatic rings. The van der Waals surface area contributed by atoms with Crippen molar-refractivity contribution < 1.29 is 19.1 Å². The van der Waals surface area contributed by atoms with Gasteiger partial charge in [0.25, 0.3) is 5.91 Å². The number of rotatable bonds is 10. The molecule has 2 amide bonds. The third-order valence-corrected chi connectivity index (χ3v) is 6.86. The normalized spacial score (nSPS) is 14.8. The topological polar surface area (TPSA) is 67.9 Å². The highest BCUT2D eigenvalue weighted by Gasteiger charge is 2.31. The molecule has 34 heavy (non-hydrogen) atoms. The largest absolute Gasteiger partial charge is 0.493 e. The van der Waals surface area contributed by atoms with Gasteiger partial charge in [-0.25, -0.2) is 0 Å². The van der Waals surface area contributed by atoms with Gasteiger partial charge in [0.1, 0.15) is 6.04 Å². The minimum atomic E-state index is -0.678. The lowest BCUT2D eigenvalue weighted by molar-refractivity contribution is -0.143. The minimum absolute atomic E-state index is 0.100. The summed E-state index contributed by atoms with van der Waals surface area (Å²) in [6.45, 7) is 1.74. The van der Waals surface area contributed by atoms with Crippen LogP contribution in [0, 0.1) is 0 Å². The van der Waals surface area contributed by atoms with Crippen LogP contribution in [0.2, 0.25) is 10.0 Å². The number of nitrogens with one attached hydrogen (secondary N) is 1. The molecule has 1 aliphatic carbocycles. The molecule has 0 bridgehead atoms. The van der Waals surface area contributed by atoms with Gasteiger partial charge in [-0.3, -0.25) is 9.59 Å². The number of benzene rings is 2. The number of carbonyl (C=O) groups is 2. The molecule has 3 rings (SSSR count). The Morgan fingerprint density at radius 3 is 2.29 bits per heavy atom. The van der Waals surface area contributed by atoms with E-state index in [1.165, 1.54) is 11.3 Å². The van der Waals surface area contributed by atoms with Gasteiger partial charge in [0, 0.05) is 28.2 Å². The quantitative estimate of drug-likeness (QED) is 0.452. The van der Waals surface area contributed by atoms with Crippen LogP contribution >= 0.6 is 23.2 Å². The van der Waals surface area contributed by atoms with E-state index >= 15 is 0 Å². The summed E-state index contributed by atoms with van der Waals surface area (Å²) in [5.41, 5.74) is 0.598. The molecule has 0 aliphatic heterocycles. The Labute approximate surface area is 211 Å². The molecule has 1 fully saturated rings. The fraction of sp³-hybridized carbons (Fsp3) is 0.462. The van der Waals surface area contributed by atoms with Gasteiger partial charge in [0.2, 0.25) is 5.91 Å². The molecule has 0 spiro atoms. The Morgan fingerprint density at radius 2 is 1.68 bits per heavy atom. The summed E-state index contributed by atoms with van der Waals surface area (Å²) in [5, 5.41) is 4.04. The molecule has 8 heteroatoms. The van der Waals surface area contributed by atoms with E-state index in [-0.39, 0.29) is 31.0 Å². The predicted molar refractivity (Wildman–Crippen MR) is 135 cm³/mol. The van der Waals surface area contributed by atoms with E-state index in [1.807, 2.05) is 13.0 Å². The molecule has 0 saturated heterocycles. The van der Waals surface area contributed by atoms with Crippen molar-refractivity contribution in [3.8, 4) is 11.5 Å². The third-order valence-electron chi connectivity index (χ3n) is 6.15. The maximum Gasteiger partial charge on any atom is 0.261 e. The zero-order valence-electron chi connectivity index (χ0n) is 19.7. The molecule has 0 aromatic heterocycles. The van der Waals surface area contributed by atoms with Gasteiger partial charge in [-0.2, -0.15) is 0 Å². The van der Waals surface area contributed by atoms with Gasteiger partial charge in [-0.05, 0) is 43.5 Å². The maximum absolute atomic E-state index is 13.4. The second-order valence-corrected chi connectivity index (χ2v) is 9.24. The first-order chi connectivity index (χ1) is 16.4. The highest BCUT2D eigenvalue weighted by molar-refractivity contribution is 6.36. The van der Waals surface area contributed by atoms with E-state index < -0.39 is 6.04 Å². The van der Waals surface area contributed by atoms with Gasteiger partial charge in [-0.1, -0.05) is 67.6 Å². The fourth-order valence-corrected chi connectivity index (χ4v) is 4.79. The monoisotopic (exact) mass is 506 g/mol. The first kappa shape index (κ1) is 26.2. The van der Waals surface area contributed by atoms with Crippen LogP contribution in [0.15, 0.2) is 42.5 Å². The smallest absolute Gasteiger partial charge is 0.261 e. The van der Waals surface area contributed by atoms with Crippen molar-refractivity contribution >= 4 is 35.0 Å². The van der Waals surface area contributed by atoms with Crippen LogP contribution in [-0.2, 0) is 16.1 Å². The average Bonchev–Trinajstić information content (AvgIpc) is 2.85. The Bertz CT molecular complexity index is 959. The Hall–Kier alpha value is -2.44. The van der Waals surface area contributed by atoms with E-state index in [9.17, 15) is 9.59 Å². The lowest BCUT2D eigenvalue weighted by Crippen LogP contribution is -2.52. The number of para-hydroxylation sites is 2. The average molecular weight is 507 g/mol. The van der Waals surface area contributed by atoms with Crippen molar-refractivity contribution in [1.29, 1.82) is 0 Å². The fourth-order valence-electron chi connectivity index (χ4n) is 4.28. The molecular weight excluding hydrogens is 475 g/mol. The number of ether oxygens (including phenoxy) is 2. The van der Waals surface area contributed by atoms with E-state index in [0.29, 0.717) is 33.5 Å². The van der Waals surface area contributed by atoms with E-state index in [2.05, 4.69) is 5.32 Å². The number of hydrogen-bond acceptors (Lipinski definition) is 4. The SMILES string of the molecule is CC[C@H](C(=O)NC1CCCCC1)N(Cc1c(Cl)cccc1Cl)C(=O)COc1ccccc1OC. The lowest BCUT2D eigenvalue weighted by atomic mass is 9.95. The van der Waals surface area contributed by atoms with Crippen LogP contribution in [-0.4, -0.2) is 42.5 Å². The highest BCUT2D eigenvalue weighted by atomic mass is 35.5. The zero-order valence-corrected chi connectivity index (χ0v) is 21.2. The zero-order chi connectivity index (χ0) is 24.5. The lowest BCUT2D eigenvalue weighted by Gasteiger charge is -2.33. The Morgan fingerprint density at radius 1 is 1.03 bits per heavy atom. The molecule has 0 unspecified atom stereocenters. The summed E-state index contributed by atoms with van der Waals surface area (Å²) >= 11 is 12.8. The van der Waals surface area contributed by atoms with Crippen molar-refractivity contribution in [1.82, 2.24) is 10.2 Å². The van der Waals surface area contributed by atoms with Crippen molar-refractivity contribution in [3.05, 3.63) is 58.1 Å². The Balaban J connectivity index is 1.82. The summed E-state index contributed by atoms with van der Waals surface area (Å²) in [6.07, 6.45) is 5.77. The van der Waals surface area contributed by atoms with Gasteiger partial charge in [0.05, 0.1) is 7.11 Å². The van der Waals surface area contributed by atoms with E-state index in [4.69, 9.17) is 32.7 Å². The van der Waals surface area contributed by atoms with Gasteiger partial charge >= 0.3 is 0 Å². The van der Waals surface area contributed by atoms with Gasteiger partial charge in [-0.15, -0.1) is 0 Å². The predicted octanol–water partition coefficient (Wildman–Crippen LogP) is 5.64. The van der Waals surface area contributed by atoms with Gasteiger partial charge in [0.15, 0.2) is 18.1 Å². The number of halogens is 2. The molecule has 2 aromatic carbocycles. The van der Waals surface area contributed by atoms with Crippen molar-refractivity contribution in [2.24, 2.45) is 0 Å². The number of hydrogen-bond donors (Lipinski definition) is 1. The van der Waals surface area contributed by atoms with Crippen LogP contribution in [0.5, 0.6) is 11.5 Å². The first-order valence-electron chi connectivity index (χ1n) is 11.7. The van der Waals surface area contributed by atoms with Crippen LogP contribution in [0.3, 0.4) is 0 Å². The number of carbonyl (C=O) groups excluding carboxylic acids is 2. The van der Waals surface area contributed by atoms with E-state index in [1.54, 1.807) is 43.5 Å². The molecule has 6 nitrogen and oxygen atoms in total. The molecule has 184 valence electrons. The summed E-state index contributed by atoms with van der Waals surface area (Å²) in [5.74, 6) is 0.475. The third kappa shape index (κ3) is 6.80. The molecule has 1 N–H and O–H groups in total. The summed E-state index contributed by atoms with van der Waals surface area (Å²) in [7, 11) is 1.54.